The molecule has 2 aliphatic rings. The third-order valence-corrected chi connectivity index (χ3v) is 6.80. The number of anilines is 2. The molecule has 1 unspecified atom stereocenters. The van der Waals surface area contributed by atoms with Gasteiger partial charge in [-0.15, -0.1) is 0 Å². The van der Waals surface area contributed by atoms with Crippen LogP contribution in [0.3, 0.4) is 0 Å². The van der Waals surface area contributed by atoms with Gasteiger partial charge in [-0.25, -0.2) is 19.3 Å². The quantitative estimate of drug-likeness (QED) is 0.372. The van der Waals surface area contributed by atoms with Crippen molar-refractivity contribution in [3.05, 3.63) is 114 Å². The van der Waals surface area contributed by atoms with Crippen molar-refractivity contribution in [2.45, 2.75) is 13.2 Å². The lowest BCUT2D eigenvalue weighted by atomic mass is 10.0. The van der Waals surface area contributed by atoms with Crippen molar-refractivity contribution in [3.8, 4) is 17.3 Å². The zero-order valence-electron chi connectivity index (χ0n) is 20.9. The van der Waals surface area contributed by atoms with E-state index in [0.29, 0.717) is 0 Å². The molecule has 1 N–H and O–H groups in total. The first kappa shape index (κ1) is 22.1. The second-order valence-corrected chi connectivity index (χ2v) is 9.05. The highest BCUT2D eigenvalue weighted by molar-refractivity contribution is 6.16. The van der Waals surface area contributed by atoms with E-state index in [9.17, 15) is 0 Å². The molecule has 9 heteroatoms. The number of ether oxygens (including phenoxy) is 1. The summed E-state index contributed by atoms with van der Waals surface area (Å²) in [5.74, 6) is 1.60. The van der Waals surface area contributed by atoms with Crippen molar-refractivity contribution in [2.24, 2.45) is 4.99 Å². The number of methoxy groups -OCH3 is 1. The van der Waals surface area contributed by atoms with Crippen molar-refractivity contribution in [2.75, 3.05) is 17.3 Å². The first-order valence-corrected chi connectivity index (χ1v) is 12.3. The standard InChI is InChI=1S/C29H24N8O/c1-19-27(28(35-18-30-17-31-35)37(34-19)21-8-4-3-5-9-21)26-16-24(20-12-14-22(38-2)15-13-20)33-29-32-23-10-6-7-11-25(23)36(26)29/h3-18,29,32H,1-2H3. The normalized spacial score (nSPS) is 15.8. The van der Waals surface area contributed by atoms with Crippen LogP contribution in [0.4, 0.5) is 11.4 Å². The Morgan fingerprint density at radius 3 is 2.47 bits per heavy atom. The van der Waals surface area contributed by atoms with Crippen LogP contribution < -0.4 is 15.0 Å². The molecular weight excluding hydrogens is 476 g/mol. The fraction of sp³-hybridized carbons (Fsp3) is 0.103. The van der Waals surface area contributed by atoms with E-state index < -0.39 is 0 Å². The van der Waals surface area contributed by atoms with Crippen LogP contribution in [0.2, 0.25) is 0 Å². The Kier molecular flexibility index (Phi) is 5.07. The molecule has 0 fully saturated rings. The van der Waals surface area contributed by atoms with Gasteiger partial charge in [0.25, 0.3) is 0 Å². The largest absolute Gasteiger partial charge is 0.497 e. The minimum Gasteiger partial charge on any atom is -0.497 e. The summed E-state index contributed by atoms with van der Waals surface area (Å²) in [5.41, 5.74) is 7.66. The smallest absolute Gasteiger partial charge is 0.201 e. The molecule has 0 saturated heterocycles. The van der Waals surface area contributed by atoms with Crippen LogP contribution in [0, 0.1) is 6.92 Å². The molecule has 3 aromatic carbocycles. The first-order chi connectivity index (χ1) is 18.7. The SMILES string of the molecule is COc1ccc(C2=NC3Nc4ccccc4N3C(c3c(C)nn(-c4ccccc4)c3-n3cncn3)=C2)cc1. The van der Waals surface area contributed by atoms with Crippen molar-refractivity contribution in [1.82, 2.24) is 24.5 Å². The zero-order chi connectivity index (χ0) is 25.6. The van der Waals surface area contributed by atoms with Crippen molar-refractivity contribution in [3.63, 3.8) is 0 Å². The number of para-hydroxylation sites is 3. The number of fused-ring (bicyclic) bond motifs is 3. The number of hydrogen-bond acceptors (Lipinski definition) is 7. The van der Waals surface area contributed by atoms with Crippen LogP contribution in [0.15, 0.2) is 103 Å². The first-order valence-electron chi connectivity index (χ1n) is 12.3. The van der Waals surface area contributed by atoms with E-state index in [0.717, 1.165) is 56.9 Å². The minimum atomic E-state index is -0.312. The number of benzene rings is 3. The number of aryl methyl sites for hydroxylation is 1. The number of rotatable bonds is 5. The van der Waals surface area contributed by atoms with Gasteiger partial charge < -0.3 is 10.1 Å². The van der Waals surface area contributed by atoms with Crippen LogP contribution in [0.5, 0.6) is 5.75 Å². The van der Waals surface area contributed by atoms with Crippen LogP contribution >= 0.6 is 0 Å². The maximum atomic E-state index is 5.37. The van der Waals surface area contributed by atoms with Gasteiger partial charge in [0.15, 0.2) is 5.82 Å². The highest BCUT2D eigenvalue weighted by Crippen LogP contribution is 2.44. The van der Waals surface area contributed by atoms with Crippen LogP contribution in [0.1, 0.15) is 16.8 Å². The Hall–Kier alpha value is -5.18. The molecule has 4 heterocycles. The molecule has 38 heavy (non-hydrogen) atoms. The lowest BCUT2D eigenvalue weighted by Crippen LogP contribution is -2.37. The molecule has 9 nitrogen and oxygen atoms in total. The summed E-state index contributed by atoms with van der Waals surface area (Å²) in [4.78, 5) is 11.6. The van der Waals surface area contributed by atoms with Gasteiger partial charge in [0.1, 0.15) is 18.4 Å². The Morgan fingerprint density at radius 2 is 1.71 bits per heavy atom. The van der Waals surface area contributed by atoms with Gasteiger partial charge in [0.2, 0.25) is 6.29 Å². The Morgan fingerprint density at radius 1 is 0.921 bits per heavy atom. The van der Waals surface area contributed by atoms with E-state index in [2.05, 4.69) is 38.5 Å². The predicted octanol–water partition coefficient (Wildman–Crippen LogP) is 4.83. The van der Waals surface area contributed by atoms with Crippen LogP contribution in [0.25, 0.3) is 17.2 Å². The number of hydrogen-bond donors (Lipinski definition) is 1. The molecule has 2 aliphatic heterocycles. The molecule has 5 aromatic rings. The van der Waals surface area contributed by atoms with Gasteiger partial charge >= 0.3 is 0 Å². The van der Waals surface area contributed by atoms with Gasteiger partial charge in [0.05, 0.1) is 46.8 Å². The van der Waals surface area contributed by atoms with Gasteiger partial charge in [-0.3, -0.25) is 4.90 Å². The van der Waals surface area contributed by atoms with Gasteiger partial charge in [0, 0.05) is 5.56 Å². The summed E-state index contributed by atoms with van der Waals surface area (Å²) in [6, 6.07) is 26.3. The topological polar surface area (TPSA) is 85.4 Å². The summed E-state index contributed by atoms with van der Waals surface area (Å²) in [6.45, 7) is 2.03. The van der Waals surface area contributed by atoms with E-state index >= 15 is 0 Å². The minimum absolute atomic E-state index is 0.312. The lowest BCUT2D eigenvalue weighted by molar-refractivity contribution is 0.415. The van der Waals surface area contributed by atoms with E-state index in [1.54, 1.807) is 18.1 Å². The summed E-state index contributed by atoms with van der Waals surface area (Å²) >= 11 is 0. The summed E-state index contributed by atoms with van der Waals surface area (Å²) in [7, 11) is 1.67. The van der Waals surface area contributed by atoms with E-state index in [-0.39, 0.29) is 6.29 Å². The average Bonchev–Trinajstić information content (AvgIpc) is 3.70. The van der Waals surface area contributed by atoms with Gasteiger partial charge in [-0.1, -0.05) is 30.3 Å². The molecule has 0 spiro atoms. The van der Waals surface area contributed by atoms with Gasteiger partial charge in [-0.2, -0.15) is 10.2 Å². The van der Waals surface area contributed by atoms with Crippen molar-refractivity contribution < 1.29 is 4.74 Å². The molecule has 186 valence electrons. The highest BCUT2D eigenvalue weighted by Gasteiger charge is 2.37. The zero-order valence-corrected chi connectivity index (χ0v) is 20.9. The van der Waals surface area contributed by atoms with E-state index in [1.165, 1.54) is 6.33 Å². The molecule has 0 aliphatic carbocycles. The van der Waals surface area contributed by atoms with Crippen LogP contribution in [-0.4, -0.2) is 43.7 Å². The second kappa shape index (κ2) is 8.74. The Labute approximate surface area is 219 Å². The van der Waals surface area contributed by atoms with Gasteiger partial charge in [-0.05, 0) is 61.5 Å². The number of nitrogens with zero attached hydrogens (tertiary/aromatic N) is 7. The molecule has 1 atom stereocenters. The molecule has 2 aromatic heterocycles. The average molecular weight is 501 g/mol. The monoisotopic (exact) mass is 500 g/mol. The molecular formula is C29H24N8O. The van der Waals surface area contributed by atoms with Crippen molar-refractivity contribution >= 4 is 22.8 Å². The Balaban J connectivity index is 1.47. The summed E-state index contributed by atoms with van der Waals surface area (Å²) in [6.07, 6.45) is 5.06. The molecule has 0 saturated carbocycles. The fourth-order valence-electron chi connectivity index (χ4n) is 5.07. The third-order valence-electron chi connectivity index (χ3n) is 6.80. The summed E-state index contributed by atoms with van der Waals surface area (Å²) < 4.78 is 9.06. The number of aliphatic imine (C=N–C) groups is 1. The number of nitrogens with one attached hydrogen (secondary N) is 1. The Bertz CT molecular complexity index is 1680. The summed E-state index contributed by atoms with van der Waals surface area (Å²) in [5, 5.41) is 13.1. The van der Waals surface area contributed by atoms with E-state index in [1.807, 2.05) is 78.3 Å². The molecule has 7 rings (SSSR count). The highest BCUT2D eigenvalue weighted by atomic mass is 16.5. The maximum absolute atomic E-state index is 5.37. The lowest BCUT2D eigenvalue weighted by Gasteiger charge is -2.31. The molecule has 0 radical (unpaired) electrons. The fourth-order valence-corrected chi connectivity index (χ4v) is 5.07. The number of allylic oxidation sites excluding steroid dienone is 1. The van der Waals surface area contributed by atoms with E-state index in [4.69, 9.17) is 14.8 Å². The molecule has 0 amide bonds. The third kappa shape index (κ3) is 3.47. The molecule has 0 bridgehead atoms. The maximum Gasteiger partial charge on any atom is 0.201 e. The second-order valence-electron chi connectivity index (χ2n) is 9.05. The van der Waals surface area contributed by atoms with Crippen molar-refractivity contribution in [1.29, 1.82) is 0 Å². The number of aromatic nitrogens is 5. The predicted molar refractivity (Wildman–Crippen MR) is 147 cm³/mol. The van der Waals surface area contributed by atoms with Crippen LogP contribution in [-0.2, 0) is 0 Å².